The second-order valence-electron chi connectivity index (χ2n) is 7.30. The van der Waals surface area contributed by atoms with Crippen LogP contribution in [0.3, 0.4) is 0 Å². The molecule has 0 saturated carbocycles. The molecule has 2 N–H and O–H groups in total. The predicted molar refractivity (Wildman–Crippen MR) is 131 cm³/mol. The molecule has 0 aliphatic carbocycles. The summed E-state index contributed by atoms with van der Waals surface area (Å²) in [6.07, 6.45) is 0. The predicted octanol–water partition coefficient (Wildman–Crippen LogP) is 3.54. The number of hydrogen-bond acceptors (Lipinski definition) is 7. The second kappa shape index (κ2) is 9.57. The zero-order chi connectivity index (χ0) is 24.2. The molecular formula is C25H17N5O4S. The summed E-state index contributed by atoms with van der Waals surface area (Å²) in [4.78, 5) is 38.1. The number of amides is 2. The monoisotopic (exact) mass is 483 g/mol. The van der Waals surface area contributed by atoms with Crippen molar-refractivity contribution in [2.24, 2.45) is 5.10 Å². The molecule has 172 valence electrons. The molecule has 0 unspecified atom stereocenters. The third kappa shape index (κ3) is 4.77. The summed E-state index contributed by atoms with van der Waals surface area (Å²) in [7, 11) is 0. The molecule has 35 heavy (non-hydrogen) atoms. The number of fused-ring (bicyclic) bond motifs is 1. The number of rotatable bonds is 5. The van der Waals surface area contributed by atoms with Crippen molar-refractivity contribution in [2.45, 2.75) is 0 Å². The molecule has 0 atom stereocenters. The van der Waals surface area contributed by atoms with Crippen molar-refractivity contribution in [2.75, 3.05) is 5.32 Å². The van der Waals surface area contributed by atoms with Gasteiger partial charge in [0.15, 0.2) is 0 Å². The summed E-state index contributed by atoms with van der Waals surface area (Å²) < 4.78 is 6.66. The number of benzene rings is 3. The Hall–Kier alpha value is -4.83. The lowest BCUT2D eigenvalue weighted by Gasteiger charge is -2.02. The molecule has 2 aromatic heterocycles. The van der Waals surface area contributed by atoms with Crippen LogP contribution in [0.15, 0.2) is 105 Å². The van der Waals surface area contributed by atoms with E-state index in [4.69, 9.17) is 4.42 Å². The van der Waals surface area contributed by atoms with Crippen LogP contribution in [0, 0.1) is 0 Å². The Labute approximate surface area is 202 Å². The van der Waals surface area contributed by atoms with Crippen LogP contribution in [0.5, 0.6) is 0 Å². The highest BCUT2D eigenvalue weighted by molar-refractivity contribution is 7.11. The Morgan fingerprint density at radius 3 is 2.34 bits per heavy atom. The molecule has 10 heteroatoms. The van der Waals surface area contributed by atoms with Crippen molar-refractivity contribution >= 4 is 39.8 Å². The number of hydrogen-bond donors (Lipinski definition) is 2. The molecule has 0 bridgehead atoms. The van der Waals surface area contributed by atoms with Gasteiger partial charge < -0.3 is 9.73 Å². The molecular weight excluding hydrogens is 466 g/mol. The van der Waals surface area contributed by atoms with Gasteiger partial charge in [-0.2, -0.15) is 0 Å². The largest absolute Gasteiger partial charge is 0.422 e. The molecule has 0 spiro atoms. The summed E-state index contributed by atoms with van der Waals surface area (Å²) in [5.74, 6) is -1.17. The number of aromatic nitrogens is 2. The Kier molecular flexibility index (Phi) is 6.01. The maximum Gasteiger partial charge on any atom is 0.349 e. The Morgan fingerprint density at radius 2 is 1.57 bits per heavy atom. The van der Waals surface area contributed by atoms with Crippen LogP contribution in [0.1, 0.15) is 20.2 Å². The van der Waals surface area contributed by atoms with Crippen molar-refractivity contribution in [3.63, 3.8) is 0 Å². The topological polar surface area (TPSA) is 119 Å². The lowest BCUT2D eigenvalue weighted by molar-refractivity contribution is 0.0948. The van der Waals surface area contributed by atoms with E-state index in [0.29, 0.717) is 22.3 Å². The molecule has 2 heterocycles. The smallest absolute Gasteiger partial charge is 0.349 e. The fraction of sp³-hybridized carbons (Fsp3) is 0. The van der Waals surface area contributed by atoms with Crippen molar-refractivity contribution in [1.29, 1.82) is 0 Å². The van der Waals surface area contributed by atoms with E-state index in [1.165, 1.54) is 10.7 Å². The maximum atomic E-state index is 12.8. The van der Waals surface area contributed by atoms with Crippen molar-refractivity contribution in [1.82, 2.24) is 15.2 Å². The standard InChI is InChI=1S/C25H17N5O4S/c31-21(19-15-16-9-7-8-14-20(16)34-24(19)33)27-28-25-30(18-12-5-2-6-13-18)29-23(35-25)22(32)26-17-10-3-1-4-11-17/h1-15H,(H,26,32)(H,27,31)/b28-25-. The number of carbonyl (C=O) groups is 2. The zero-order valence-electron chi connectivity index (χ0n) is 18.0. The summed E-state index contributed by atoms with van der Waals surface area (Å²) in [6, 6.07) is 26.4. The van der Waals surface area contributed by atoms with Gasteiger partial charge >= 0.3 is 5.63 Å². The first-order valence-electron chi connectivity index (χ1n) is 10.5. The normalized spacial score (nSPS) is 11.4. The van der Waals surface area contributed by atoms with E-state index in [-0.39, 0.29) is 15.4 Å². The first-order chi connectivity index (χ1) is 17.1. The number of nitrogens with zero attached hydrogens (tertiary/aromatic N) is 3. The lowest BCUT2D eigenvalue weighted by Crippen LogP contribution is -2.27. The SMILES string of the molecule is O=C(Nc1ccccc1)c1nn(-c2ccccc2)/c(=N/NC(=O)c2cc3ccccc3oc2=O)s1. The molecule has 5 aromatic rings. The number of nitrogens with one attached hydrogen (secondary N) is 2. The van der Waals surface area contributed by atoms with Gasteiger partial charge in [-0.05, 0) is 36.4 Å². The van der Waals surface area contributed by atoms with Gasteiger partial charge in [-0.25, -0.2) is 14.9 Å². The van der Waals surface area contributed by atoms with Crippen LogP contribution in [0.4, 0.5) is 5.69 Å². The van der Waals surface area contributed by atoms with Crippen molar-refractivity contribution < 1.29 is 14.0 Å². The van der Waals surface area contributed by atoms with Gasteiger partial charge in [0.1, 0.15) is 11.1 Å². The van der Waals surface area contributed by atoms with Gasteiger partial charge in [-0.15, -0.1) is 10.2 Å². The molecule has 2 amide bonds. The van der Waals surface area contributed by atoms with E-state index in [2.05, 4.69) is 20.9 Å². The average molecular weight is 484 g/mol. The van der Waals surface area contributed by atoms with Gasteiger partial charge in [0.2, 0.25) is 9.81 Å². The van der Waals surface area contributed by atoms with E-state index >= 15 is 0 Å². The van der Waals surface area contributed by atoms with Crippen LogP contribution < -0.4 is 21.2 Å². The molecule has 9 nitrogen and oxygen atoms in total. The summed E-state index contributed by atoms with van der Waals surface area (Å²) in [5, 5.41) is 12.1. The van der Waals surface area contributed by atoms with Gasteiger partial charge in [-0.1, -0.05) is 65.9 Å². The minimum Gasteiger partial charge on any atom is -0.422 e. The van der Waals surface area contributed by atoms with Crippen LogP contribution in [-0.4, -0.2) is 21.6 Å². The van der Waals surface area contributed by atoms with Crippen LogP contribution in [0.2, 0.25) is 0 Å². The molecule has 0 aliphatic heterocycles. The first kappa shape index (κ1) is 22.0. The third-order valence-corrected chi connectivity index (χ3v) is 5.83. The van der Waals surface area contributed by atoms with Gasteiger partial charge in [0.25, 0.3) is 11.8 Å². The maximum absolute atomic E-state index is 12.8. The van der Waals surface area contributed by atoms with Crippen molar-refractivity contribution in [3.8, 4) is 5.69 Å². The molecule has 0 radical (unpaired) electrons. The third-order valence-electron chi connectivity index (χ3n) is 4.93. The quantitative estimate of drug-likeness (QED) is 0.293. The summed E-state index contributed by atoms with van der Waals surface area (Å²) in [6.45, 7) is 0. The van der Waals surface area contributed by atoms with Crippen LogP contribution >= 0.6 is 11.3 Å². The first-order valence-corrected chi connectivity index (χ1v) is 11.3. The number of carbonyl (C=O) groups excluding carboxylic acids is 2. The van der Waals surface area contributed by atoms with Gasteiger partial charge in [0, 0.05) is 11.1 Å². The number of para-hydroxylation sites is 3. The highest BCUT2D eigenvalue weighted by Crippen LogP contribution is 2.13. The van der Waals surface area contributed by atoms with E-state index in [1.807, 2.05) is 24.3 Å². The average Bonchev–Trinajstić information content (AvgIpc) is 3.32. The minimum atomic E-state index is -0.778. The van der Waals surface area contributed by atoms with Gasteiger partial charge in [0.05, 0.1) is 5.69 Å². The van der Waals surface area contributed by atoms with E-state index < -0.39 is 17.4 Å². The molecule has 0 fully saturated rings. The molecule has 3 aromatic carbocycles. The van der Waals surface area contributed by atoms with E-state index in [1.54, 1.807) is 60.7 Å². The van der Waals surface area contributed by atoms with Crippen LogP contribution in [-0.2, 0) is 0 Å². The second-order valence-corrected chi connectivity index (χ2v) is 8.25. The fourth-order valence-electron chi connectivity index (χ4n) is 3.27. The van der Waals surface area contributed by atoms with E-state index in [9.17, 15) is 14.4 Å². The minimum absolute atomic E-state index is 0.135. The fourth-order valence-corrected chi connectivity index (χ4v) is 4.03. The Bertz CT molecular complexity index is 1660. The summed E-state index contributed by atoms with van der Waals surface area (Å²) in [5.41, 5.74) is 3.05. The Morgan fingerprint density at radius 1 is 0.886 bits per heavy atom. The lowest BCUT2D eigenvalue weighted by atomic mass is 10.2. The highest BCUT2D eigenvalue weighted by atomic mass is 32.1. The van der Waals surface area contributed by atoms with Gasteiger partial charge in [-0.3, -0.25) is 9.59 Å². The molecule has 5 rings (SSSR count). The molecule has 0 saturated heterocycles. The van der Waals surface area contributed by atoms with E-state index in [0.717, 1.165) is 11.3 Å². The summed E-state index contributed by atoms with van der Waals surface area (Å²) >= 11 is 0.982. The Balaban J connectivity index is 1.49. The highest BCUT2D eigenvalue weighted by Gasteiger charge is 2.17. The molecule has 0 aliphatic rings. The van der Waals surface area contributed by atoms with Crippen LogP contribution in [0.25, 0.3) is 16.7 Å². The zero-order valence-corrected chi connectivity index (χ0v) is 18.9. The van der Waals surface area contributed by atoms with Crippen molar-refractivity contribution in [3.05, 3.63) is 117 Å². The number of anilines is 1.